The fourth-order valence-electron chi connectivity index (χ4n) is 8.55. The van der Waals surface area contributed by atoms with Crippen molar-refractivity contribution < 1.29 is 40.1 Å². The monoisotopic (exact) mass is 784 g/mol. The number of rotatable bonds is 9. The van der Waals surface area contributed by atoms with E-state index in [1.165, 1.54) is 12.4 Å². The van der Waals surface area contributed by atoms with Crippen LogP contribution >= 0.6 is 0 Å². The van der Waals surface area contributed by atoms with Gasteiger partial charge in [0.25, 0.3) is 0 Å². The zero-order valence-corrected chi connectivity index (χ0v) is 35.2. The summed E-state index contributed by atoms with van der Waals surface area (Å²) in [7, 11) is 3.21. The second-order valence-electron chi connectivity index (χ2n) is 15.8. The minimum absolute atomic E-state index is 0.0854. The van der Waals surface area contributed by atoms with Crippen molar-refractivity contribution in [3.05, 3.63) is 92.0 Å². The van der Waals surface area contributed by atoms with Crippen LogP contribution in [0.25, 0.3) is 32.7 Å². The van der Waals surface area contributed by atoms with Crippen LogP contribution < -0.4 is 9.47 Å². The van der Waals surface area contributed by atoms with Gasteiger partial charge < -0.3 is 40.1 Å². The fourth-order valence-corrected chi connectivity index (χ4v) is 8.55. The van der Waals surface area contributed by atoms with E-state index in [4.69, 9.17) is 9.47 Å². The van der Waals surface area contributed by atoms with Crippen LogP contribution in [0.3, 0.4) is 0 Å². The summed E-state index contributed by atoms with van der Waals surface area (Å²) in [6, 6.07) is 11.0. The van der Waals surface area contributed by atoms with Gasteiger partial charge in [0.2, 0.25) is 0 Å². The number of hydrogen-bond acceptors (Lipinski definition) is 10. The molecule has 0 aliphatic carbocycles. The molecule has 0 spiro atoms. The highest BCUT2D eigenvalue weighted by atomic mass is 16.5. The molecule has 0 saturated heterocycles. The summed E-state index contributed by atoms with van der Waals surface area (Å²) in [5, 5.41) is 72.5. The highest BCUT2D eigenvalue weighted by Gasteiger charge is 2.29. The van der Waals surface area contributed by atoms with E-state index in [9.17, 15) is 30.6 Å². The summed E-state index contributed by atoms with van der Waals surface area (Å²) in [6.07, 6.45) is 2.84. The first-order valence-corrected chi connectivity index (χ1v) is 19.2. The Balaban J connectivity index is 1.70. The van der Waals surface area contributed by atoms with E-state index in [1.807, 2.05) is 91.8 Å². The summed E-state index contributed by atoms with van der Waals surface area (Å²) >= 11 is 0. The summed E-state index contributed by atoms with van der Waals surface area (Å²) in [6.45, 7) is 18.8. The number of aliphatic imine (C=N–C) groups is 2. The molecule has 0 radical (unpaired) electrons. The Kier molecular flexibility index (Phi) is 11.0. The van der Waals surface area contributed by atoms with Crippen molar-refractivity contribution in [1.82, 2.24) is 0 Å². The normalized spacial score (nSPS) is 12.0. The quantitative estimate of drug-likeness (QED) is 0.0623. The first kappa shape index (κ1) is 41.2. The molecule has 0 saturated carbocycles. The molecule has 6 aromatic rings. The van der Waals surface area contributed by atoms with Gasteiger partial charge in [-0.2, -0.15) is 0 Å². The number of phenolic OH excluding ortho intramolecular Hbond substituents is 6. The first-order chi connectivity index (χ1) is 27.3. The van der Waals surface area contributed by atoms with Crippen molar-refractivity contribution in [3.63, 3.8) is 0 Å². The van der Waals surface area contributed by atoms with Gasteiger partial charge in [0, 0.05) is 45.5 Å². The maximum atomic E-state index is 12.5. The smallest absolute Gasteiger partial charge is 0.167 e. The third kappa shape index (κ3) is 6.76. The molecule has 0 aliphatic rings. The van der Waals surface area contributed by atoms with Crippen LogP contribution in [0.2, 0.25) is 0 Å². The summed E-state index contributed by atoms with van der Waals surface area (Å²) in [4.78, 5) is 9.36. The largest absolute Gasteiger partial charge is 0.507 e. The maximum Gasteiger partial charge on any atom is 0.167 e. The van der Waals surface area contributed by atoms with Crippen LogP contribution in [-0.2, 0) is 0 Å². The predicted molar refractivity (Wildman–Crippen MR) is 234 cm³/mol. The van der Waals surface area contributed by atoms with Crippen LogP contribution in [-0.4, -0.2) is 57.3 Å². The number of nitrogens with zero attached hydrogens (tertiary/aromatic N) is 2. The number of methoxy groups -OCH3 is 2. The number of phenols is 6. The van der Waals surface area contributed by atoms with E-state index < -0.39 is 11.5 Å². The number of hydrogen-bond donors (Lipinski definition) is 6. The molecule has 0 bridgehead atoms. The number of aromatic hydroxyl groups is 6. The highest BCUT2D eigenvalue weighted by molar-refractivity contribution is 6.15. The highest BCUT2D eigenvalue weighted by Crippen LogP contribution is 2.54. The summed E-state index contributed by atoms with van der Waals surface area (Å²) < 4.78 is 11.0. The second-order valence-corrected chi connectivity index (χ2v) is 15.8. The Hall–Kier alpha value is -6.42. The molecule has 0 aliphatic heterocycles. The van der Waals surface area contributed by atoms with E-state index in [2.05, 4.69) is 9.98 Å². The molecule has 0 fully saturated rings. The van der Waals surface area contributed by atoms with Crippen LogP contribution in [0.15, 0.2) is 46.4 Å². The number of ether oxygens (including phenoxy) is 2. The Labute approximate surface area is 339 Å². The van der Waals surface area contributed by atoms with Gasteiger partial charge >= 0.3 is 0 Å². The third-order valence-electron chi connectivity index (χ3n) is 11.0. The van der Waals surface area contributed by atoms with Crippen molar-refractivity contribution in [1.29, 1.82) is 0 Å². The zero-order valence-electron chi connectivity index (χ0n) is 35.2. The molecular weight excluding hydrogens is 733 g/mol. The van der Waals surface area contributed by atoms with Crippen LogP contribution in [0.4, 0.5) is 11.4 Å². The fraction of sp³-hybridized carbons (Fsp3) is 0.292. The van der Waals surface area contributed by atoms with Crippen molar-refractivity contribution in [3.8, 4) is 57.1 Å². The van der Waals surface area contributed by atoms with E-state index >= 15 is 0 Å². The van der Waals surface area contributed by atoms with Gasteiger partial charge in [-0.25, -0.2) is 0 Å². The lowest BCUT2D eigenvalue weighted by Gasteiger charge is -2.23. The molecule has 0 aromatic heterocycles. The van der Waals surface area contributed by atoms with E-state index in [-0.39, 0.29) is 67.9 Å². The number of aryl methyl sites for hydroxylation is 6. The summed E-state index contributed by atoms with van der Waals surface area (Å²) in [5.74, 6) is -1.06. The minimum atomic E-state index is -0.448. The molecule has 0 unspecified atom stereocenters. The van der Waals surface area contributed by atoms with E-state index in [0.717, 1.165) is 33.8 Å². The number of benzene rings is 6. The molecule has 302 valence electrons. The topological polar surface area (TPSA) is 165 Å². The van der Waals surface area contributed by atoms with Gasteiger partial charge in [0.15, 0.2) is 23.0 Å². The van der Waals surface area contributed by atoms with Crippen LogP contribution in [0.1, 0.15) is 95.2 Å². The molecule has 10 nitrogen and oxygen atoms in total. The lowest BCUT2D eigenvalue weighted by Crippen LogP contribution is -2.01. The molecule has 0 amide bonds. The van der Waals surface area contributed by atoms with Crippen LogP contribution in [0.5, 0.6) is 46.0 Å². The number of fused-ring (bicyclic) bond motifs is 2. The molecule has 6 aromatic carbocycles. The molecule has 58 heavy (non-hydrogen) atoms. The zero-order chi connectivity index (χ0) is 42.7. The Bertz CT molecular complexity index is 2490. The minimum Gasteiger partial charge on any atom is -0.507 e. The molecule has 0 atom stereocenters. The van der Waals surface area contributed by atoms with E-state index in [0.29, 0.717) is 44.4 Å². The van der Waals surface area contributed by atoms with E-state index in [1.54, 1.807) is 28.1 Å². The average molecular weight is 785 g/mol. The second kappa shape index (κ2) is 15.5. The van der Waals surface area contributed by atoms with Gasteiger partial charge in [0.05, 0.1) is 36.7 Å². The van der Waals surface area contributed by atoms with Crippen molar-refractivity contribution in [2.24, 2.45) is 9.98 Å². The van der Waals surface area contributed by atoms with Gasteiger partial charge in [-0.3, -0.25) is 9.98 Å². The predicted octanol–water partition coefficient (Wildman–Crippen LogP) is 11.5. The van der Waals surface area contributed by atoms with Crippen molar-refractivity contribution in [2.75, 3.05) is 14.2 Å². The SMILES string of the molecule is COc1c(C)cc(N=Cc2c(O)c(O)c(C(C)C)c3cc(C)c(-c4c(C)cc5c(C(C)C)c(O)c(O)c(C=Nc6cc(C)c(OC)c(C)c6)c5c4O)c(O)c23)cc1C. The lowest BCUT2D eigenvalue weighted by atomic mass is 9.83. The summed E-state index contributed by atoms with van der Waals surface area (Å²) in [5.41, 5.74) is 7.35. The lowest BCUT2D eigenvalue weighted by molar-refractivity contribution is 0.398. The molecule has 6 N–H and O–H groups in total. The Morgan fingerprint density at radius 2 is 0.759 bits per heavy atom. The van der Waals surface area contributed by atoms with Crippen molar-refractivity contribution in [2.45, 2.75) is 81.1 Å². The van der Waals surface area contributed by atoms with Crippen LogP contribution in [0, 0.1) is 41.5 Å². The molecule has 10 heteroatoms. The average Bonchev–Trinajstić information content (AvgIpc) is 3.13. The third-order valence-corrected chi connectivity index (χ3v) is 11.0. The molecular formula is C48H52N2O8. The van der Waals surface area contributed by atoms with Gasteiger partial charge in [-0.15, -0.1) is 0 Å². The van der Waals surface area contributed by atoms with Crippen molar-refractivity contribution >= 4 is 45.3 Å². The first-order valence-electron chi connectivity index (χ1n) is 19.2. The Morgan fingerprint density at radius 3 is 1.03 bits per heavy atom. The molecule has 6 rings (SSSR count). The van der Waals surface area contributed by atoms with Gasteiger partial charge in [0.1, 0.15) is 23.0 Å². The molecule has 0 heterocycles. The standard InChI is InChI=1S/C48H52N2O8/c1-21(2)35-31-17-23(5)37(43(53)39(31)33(41(51)45(35)55)19-49-29-13-25(7)47(57-11)26(8)14-29)38-24(6)18-32-36(22(3)4)46(56)42(52)34(40(32)44(38)54)20-50-30-15-27(9)48(58-12)28(10)16-30/h13-22,51-56H,1-12H3. The maximum absolute atomic E-state index is 12.5. The van der Waals surface area contributed by atoms with Gasteiger partial charge in [-0.1, -0.05) is 39.8 Å². The Morgan fingerprint density at radius 1 is 0.448 bits per heavy atom. The van der Waals surface area contributed by atoms with Gasteiger partial charge in [-0.05, 0) is 122 Å².